The van der Waals surface area contributed by atoms with Gasteiger partial charge in [-0.25, -0.2) is 8.42 Å². The van der Waals surface area contributed by atoms with Crippen molar-refractivity contribution in [3.63, 3.8) is 0 Å². The molecule has 1 unspecified atom stereocenters. The lowest BCUT2D eigenvalue weighted by molar-refractivity contribution is -0.117. The Bertz CT molecular complexity index is 1400. The maximum atomic E-state index is 13.4. The second kappa shape index (κ2) is 9.70. The van der Waals surface area contributed by atoms with Gasteiger partial charge in [0, 0.05) is 22.3 Å². The number of hydrogen-bond donors (Lipinski definition) is 2. The average Bonchev–Trinajstić information content (AvgIpc) is 2.81. The fraction of sp³-hybridized carbons (Fsp3) is 0.120. The smallest absolute Gasteiger partial charge is 0.243 e. The van der Waals surface area contributed by atoms with Gasteiger partial charge in [0.25, 0.3) is 0 Å². The van der Waals surface area contributed by atoms with Crippen LogP contribution < -0.4 is 10.0 Å². The normalized spacial score (nSPS) is 12.4. The number of carbonyl (C=O) groups is 1. The third-order valence-electron chi connectivity index (χ3n) is 5.31. The number of benzene rings is 3. The van der Waals surface area contributed by atoms with Crippen LogP contribution in [-0.2, 0) is 21.2 Å². The molecular weight excluding hydrogens is 458 g/mol. The summed E-state index contributed by atoms with van der Waals surface area (Å²) in [5.41, 5.74) is 2.39. The SMILES string of the molecule is Cc1c(Cl)cccc1NC(=O)C(Cc1ccccc1)NS(=O)(=O)c1cccc2cccnc12. The molecule has 0 bridgehead atoms. The van der Waals surface area contributed by atoms with E-state index in [4.69, 9.17) is 11.6 Å². The van der Waals surface area contributed by atoms with Gasteiger partial charge in [0.05, 0.1) is 5.52 Å². The zero-order valence-corrected chi connectivity index (χ0v) is 19.4. The molecule has 1 heterocycles. The maximum absolute atomic E-state index is 13.4. The van der Waals surface area contributed by atoms with Crippen molar-refractivity contribution in [2.24, 2.45) is 0 Å². The van der Waals surface area contributed by atoms with Crippen molar-refractivity contribution in [1.29, 1.82) is 0 Å². The third-order valence-corrected chi connectivity index (χ3v) is 7.22. The second-order valence-electron chi connectivity index (χ2n) is 7.60. The topological polar surface area (TPSA) is 88.2 Å². The van der Waals surface area contributed by atoms with E-state index in [-0.39, 0.29) is 11.3 Å². The molecule has 1 amide bonds. The van der Waals surface area contributed by atoms with Crippen molar-refractivity contribution in [1.82, 2.24) is 9.71 Å². The summed E-state index contributed by atoms with van der Waals surface area (Å²) in [7, 11) is -4.06. The Morgan fingerprint density at radius 3 is 2.48 bits per heavy atom. The van der Waals surface area contributed by atoms with Gasteiger partial charge < -0.3 is 5.32 Å². The number of pyridine rings is 1. The number of anilines is 1. The molecule has 1 aromatic heterocycles. The highest BCUT2D eigenvalue weighted by atomic mass is 35.5. The van der Waals surface area contributed by atoms with E-state index in [0.29, 0.717) is 27.2 Å². The molecule has 0 radical (unpaired) electrons. The fourth-order valence-electron chi connectivity index (χ4n) is 3.54. The van der Waals surface area contributed by atoms with E-state index in [1.165, 1.54) is 12.3 Å². The Hall–Kier alpha value is -3.26. The zero-order valence-electron chi connectivity index (χ0n) is 17.8. The summed E-state index contributed by atoms with van der Waals surface area (Å²) in [5, 5.41) is 4.02. The highest BCUT2D eigenvalue weighted by Crippen LogP contribution is 2.24. The molecular formula is C25H22ClN3O3S. The minimum absolute atomic E-state index is 0.0189. The molecule has 0 spiro atoms. The summed E-state index contributed by atoms with van der Waals surface area (Å²) < 4.78 is 29.3. The van der Waals surface area contributed by atoms with Crippen molar-refractivity contribution in [3.05, 3.63) is 101 Å². The van der Waals surface area contributed by atoms with Crippen LogP contribution in [0.2, 0.25) is 5.02 Å². The zero-order chi connectivity index (χ0) is 23.4. The summed E-state index contributed by atoms with van der Waals surface area (Å²) in [4.78, 5) is 17.5. The van der Waals surface area contributed by atoms with Crippen LogP contribution >= 0.6 is 11.6 Å². The number of aromatic nitrogens is 1. The molecule has 0 aliphatic carbocycles. The van der Waals surface area contributed by atoms with E-state index >= 15 is 0 Å². The molecule has 0 fully saturated rings. The van der Waals surface area contributed by atoms with Gasteiger partial charge in [-0.05, 0) is 48.7 Å². The first kappa shape index (κ1) is 22.9. The molecule has 168 valence electrons. The Morgan fingerprint density at radius 1 is 0.970 bits per heavy atom. The van der Waals surface area contributed by atoms with Crippen LogP contribution in [0.1, 0.15) is 11.1 Å². The molecule has 4 aromatic rings. The Kier molecular flexibility index (Phi) is 6.74. The number of nitrogens with one attached hydrogen (secondary N) is 2. The van der Waals surface area contributed by atoms with Gasteiger partial charge in [0.1, 0.15) is 10.9 Å². The van der Waals surface area contributed by atoms with Crippen LogP contribution in [0.4, 0.5) is 5.69 Å². The minimum Gasteiger partial charge on any atom is -0.324 e. The fourth-order valence-corrected chi connectivity index (χ4v) is 5.09. The number of hydrogen-bond acceptors (Lipinski definition) is 4. The van der Waals surface area contributed by atoms with Gasteiger partial charge >= 0.3 is 0 Å². The van der Waals surface area contributed by atoms with E-state index in [0.717, 1.165) is 5.56 Å². The van der Waals surface area contributed by atoms with Crippen LogP contribution in [-0.4, -0.2) is 25.4 Å². The van der Waals surface area contributed by atoms with Gasteiger partial charge in [-0.2, -0.15) is 4.72 Å². The number of sulfonamides is 1. The first-order valence-electron chi connectivity index (χ1n) is 10.3. The highest BCUT2D eigenvalue weighted by molar-refractivity contribution is 7.89. The number of fused-ring (bicyclic) bond motifs is 1. The summed E-state index contributed by atoms with van der Waals surface area (Å²) in [5.74, 6) is -0.485. The number of amides is 1. The molecule has 0 aliphatic rings. The first-order chi connectivity index (χ1) is 15.8. The van der Waals surface area contributed by atoms with Gasteiger partial charge in [-0.1, -0.05) is 66.2 Å². The molecule has 8 heteroatoms. The van der Waals surface area contributed by atoms with Crippen LogP contribution in [0.15, 0.2) is 90.0 Å². The lowest BCUT2D eigenvalue weighted by Crippen LogP contribution is -2.45. The van der Waals surface area contributed by atoms with Crippen LogP contribution in [0.3, 0.4) is 0 Å². The van der Waals surface area contributed by atoms with Crippen molar-refractivity contribution in [3.8, 4) is 0 Å². The second-order valence-corrected chi connectivity index (χ2v) is 9.69. The Morgan fingerprint density at radius 2 is 1.70 bits per heavy atom. The standard InChI is InChI=1S/C25H22ClN3O3S/c1-17-20(26)12-6-13-21(17)28-25(30)22(16-18-8-3-2-4-9-18)29-33(31,32)23-14-5-10-19-11-7-15-27-24(19)23/h2-15,22,29H,16H2,1H3,(H,28,30). The molecule has 0 saturated carbocycles. The molecule has 0 aliphatic heterocycles. The minimum atomic E-state index is -4.06. The van der Waals surface area contributed by atoms with Gasteiger partial charge in [0.2, 0.25) is 15.9 Å². The van der Waals surface area contributed by atoms with Crippen LogP contribution in [0.5, 0.6) is 0 Å². The molecule has 2 N–H and O–H groups in total. The van der Waals surface area contributed by atoms with Gasteiger partial charge in [-0.15, -0.1) is 0 Å². The van der Waals surface area contributed by atoms with Crippen LogP contribution in [0, 0.1) is 6.92 Å². The number of nitrogens with zero attached hydrogens (tertiary/aromatic N) is 1. The molecule has 4 rings (SSSR count). The van der Waals surface area contributed by atoms with Gasteiger partial charge in [-0.3, -0.25) is 9.78 Å². The lowest BCUT2D eigenvalue weighted by Gasteiger charge is -2.20. The van der Waals surface area contributed by atoms with Gasteiger partial charge in [0.15, 0.2) is 0 Å². The molecule has 1 atom stereocenters. The average molecular weight is 480 g/mol. The quantitative estimate of drug-likeness (QED) is 0.401. The molecule has 33 heavy (non-hydrogen) atoms. The summed E-state index contributed by atoms with van der Waals surface area (Å²) in [6.45, 7) is 1.79. The predicted octanol–water partition coefficient (Wildman–Crippen LogP) is 4.72. The molecule has 3 aromatic carbocycles. The summed E-state index contributed by atoms with van der Waals surface area (Å²) >= 11 is 6.18. The maximum Gasteiger partial charge on any atom is 0.243 e. The van der Waals surface area contributed by atoms with E-state index in [1.54, 1.807) is 49.4 Å². The Labute approximate surface area is 197 Å². The highest BCUT2D eigenvalue weighted by Gasteiger charge is 2.28. The van der Waals surface area contributed by atoms with E-state index in [2.05, 4.69) is 15.0 Å². The summed E-state index contributed by atoms with van der Waals surface area (Å²) in [6.07, 6.45) is 1.71. The van der Waals surface area contributed by atoms with E-state index in [9.17, 15) is 13.2 Å². The van der Waals surface area contributed by atoms with E-state index < -0.39 is 22.0 Å². The van der Waals surface area contributed by atoms with Crippen molar-refractivity contribution >= 4 is 44.1 Å². The van der Waals surface area contributed by atoms with Crippen molar-refractivity contribution in [2.75, 3.05) is 5.32 Å². The Balaban J connectivity index is 1.68. The molecule has 0 saturated heterocycles. The van der Waals surface area contributed by atoms with Crippen LogP contribution in [0.25, 0.3) is 10.9 Å². The molecule has 6 nitrogen and oxygen atoms in total. The summed E-state index contributed by atoms with van der Waals surface area (Å²) in [6, 6.07) is 21.8. The van der Waals surface area contributed by atoms with Crippen molar-refractivity contribution in [2.45, 2.75) is 24.3 Å². The lowest BCUT2D eigenvalue weighted by atomic mass is 10.1. The predicted molar refractivity (Wildman–Crippen MR) is 131 cm³/mol. The number of carbonyl (C=O) groups excluding carboxylic acids is 1. The first-order valence-corrected chi connectivity index (χ1v) is 12.2. The largest absolute Gasteiger partial charge is 0.324 e. The van der Waals surface area contributed by atoms with Crippen molar-refractivity contribution < 1.29 is 13.2 Å². The monoisotopic (exact) mass is 479 g/mol. The van der Waals surface area contributed by atoms with E-state index in [1.807, 2.05) is 30.3 Å². The number of halogens is 1. The number of rotatable bonds is 7. The number of para-hydroxylation sites is 1. The third kappa shape index (κ3) is 5.22.